The fourth-order valence-corrected chi connectivity index (χ4v) is 2.83. The van der Waals surface area contributed by atoms with Crippen molar-refractivity contribution >= 4 is 10.0 Å². The highest BCUT2D eigenvalue weighted by Gasteiger charge is 2.18. The van der Waals surface area contributed by atoms with Crippen LogP contribution in [-0.2, 0) is 10.0 Å². The van der Waals surface area contributed by atoms with E-state index in [-0.39, 0.29) is 6.54 Å². The van der Waals surface area contributed by atoms with Crippen LogP contribution in [0.4, 0.5) is 8.78 Å². The van der Waals surface area contributed by atoms with Gasteiger partial charge in [-0.2, -0.15) is 0 Å². The summed E-state index contributed by atoms with van der Waals surface area (Å²) in [7, 11) is -4.10. The maximum atomic E-state index is 13.0. The van der Waals surface area contributed by atoms with Crippen molar-refractivity contribution in [3.8, 4) is 0 Å². The zero-order chi connectivity index (χ0) is 15.5. The lowest BCUT2D eigenvalue weighted by atomic mass is 10.1. The lowest BCUT2D eigenvalue weighted by Gasteiger charge is -2.12. The first-order valence-corrected chi connectivity index (χ1v) is 7.55. The Morgan fingerprint density at radius 2 is 1.62 bits per heavy atom. The molecule has 2 rings (SSSR count). The smallest absolute Gasteiger partial charge is 0.240 e. The van der Waals surface area contributed by atoms with Crippen LogP contribution in [0.5, 0.6) is 0 Å². The van der Waals surface area contributed by atoms with Gasteiger partial charge < -0.3 is 5.11 Å². The van der Waals surface area contributed by atoms with E-state index in [4.69, 9.17) is 0 Å². The van der Waals surface area contributed by atoms with Crippen LogP contribution in [0.25, 0.3) is 0 Å². The molecule has 2 aromatic rings. The first-order valence-electron chi connectivity index (χ1n) is 6.07. The Hall–Kier alpha value is -1.83. The monoisotopic (exact) mass is 313 g/mol. The molecule has 2 aromatic carbocycles. The molecule has 0 saturated carbocycles. The summed E-state index contributed by atoms with van der Waals surface area (Å²) in [6.07, 6.45) is -1.06. The molecule has 2 N–H and O–H groups in total. The standard InChI is InChI=1S/C14H13F2NO3S/c15-11-6-12(16)8-13(7-11)21(19,20)17-9-14(18)10-4-2-1-3-5-10/h1-8,14,17-18H,9H2. The maximum absolute atomic E-state index is 13.0. The van der Waals surface area contributed by atoms with E-state index >= 15 is 0 Å². The van der Waals surface area contributed by atoms with E-state index in [9.17, 15) is 22.3 Å². The Kier molecular flexibility index (Phi) is 4.66. The molecule has 1 atom stereocenters. The Labute approximate surface area is 121 Å². The Morgan fingerprint density at radius 3 is 2.19 bits per heavy atom. The molecule has 21 heavy (non-hydrogen) atoms. The largest absolute Gasteiger partial charge is 0.387 e. The van der Waals surface area contributed by atoms with Crippen molar-refractivity contribution in [1.82, 2.24) is 4.72 Å². The van der Waals surface area contributed by atoms with Gasteiger partial charge in [-0.15, -0.1) is 0 Å². The molecule has 0 bridgehead atoms. The van der Waals surface area contributed by atoms with Crippen LogP contribution < -0.4 is 4.72 Å². The summed E-state index contributed by atoms with van der Waals surface area (Å²) in [6, 6.07) is 10.4. The van der Waals surface area contributed by atoms with Gasteiger partial charge in [0.2, 0.25) is 10.0 Å². The number of aliphatic hydroxyl groups is 1. The van der Waals surface area contributed by atoms with Crippen molar-refractivity contribution in [3.05, 3.63) is 65.7 Å². The zero-order valence-corrected chi connectivity index (χ0v) is 11.6. The second-order valence-electron chi connectivity index (χ2n) is 4.38. The van der Waals surface area contributed by atoms with Gasteiger partial charge in [0, 0.05) is 12.6 Å². The molecular weight excluding hydrogens is 300 g/mol. The Balaban J connectivity index is 2.11. The minimum Gasteiger partial charge on any atom is -0.387 e. The Bertz CT molecular complexity index is 700. The number of rotatable bonds is 5. The third-order valence-electron chi connectivity index (χ3n) is 2.80. The first kappa shape index (κ1) is 15.6. The quantitative estimate of drug-likeness (QED) is 0.887. The predicted octanol–water partition coefficient (Wildman–Crippen LogP) is 1.98. The van der Waals surface area contributed by atoms with E-state index < -0.39 is 32.7 Å². The van der Waals surface area contributed by atoms with Crippen LogP contribution in [0, 0.1) is 11.6 Å². The molecule has 0 fully saturated rings. The topological polar surface area (TPSA) is 66.4 Å². The van der Waals surface area contributed by atoms with Crippen molar-refractivity contribution < 1.29 is 22.3 Å². The summed E-state index contributed by atoms with van der Waals surface area (Å²) >= 11 is 0. The van der Waals surface area contributed by atoms with Crippen molar-refractivity contribution in [1.29, 1.82) is 0 Å². The number of nitrogens with one attached hydrogen (secondary N) is 1. The van der Waals surface area contributed by atoms with Gasteiger partial charge in [0.05, 0.1) is 11.0 Å². The highest BCUT2D eigenvalue weighted by atomic mass is 32.2. The highest BCUT2D eigenvalue weighted by molar-refractivity contribution is 7.89. The number of aliphatic hydroxyl groups excluding tert-OH is 1. The van der Waals surface area contributed by atoms with E-state index in [1.807, 2.05) is 0 Å². The summed E-state index contributed by atoms with van der Waals surface area (Å²) in [5, 5.41) is 9.86. The van der Waals surface area contributed by atoms with E-state index in [1.165, 1.54) is 0 Å². The molecule has 0 aliphatic rings. The highest BCUT2D eigenvalue weighted by Crippen LogP contribution is 2.15. The second-order valence-corrected chi connectivity index (χ2v) is 6.15. The van der Waals surface area contributed by atoms with Gasteiger partial charge in [-0.05, 0) is 17.7 Å². The van der Waals surface area contributed by atoms with Crippen LogP contribution in [0.3, 0.4) is 0 Å². The molecule has 0 aliphatic heterocycles. The minimum absolute atomic E-state index is 0.301. The van der Waals surface area contributed by atoms with E-state index in [0.717, 1.165) is 0 Å². The fraction of sp³-hybridized carbons (Fsp3) is 0.143. The number of hydrogen-bond acceptors (Lipinski definition) is 3. The molecule has 0 aliphatic carbocycles. The summed E-state index contributed by atoms with van der Waals surface area (Å²) in [6.45, 7) is -0.301. The van der Waals surface area contributed by atoms with Gasteiger partial charge in [0.25, 0.3) is 0 Å². The van der Waals surface area contributed by atoms with Gasteiger partial charge >= 0.3 is 0 Å². The number of halogens is 2. The van der Waals surface area contributed by atoms with Crippen LogP contribution in [0.2, 0.25) is 0 Å². The van der Waals surface area contributed by atoms with Crippen molar-refractivity contribution in [3.63, 3.8) is 0 Å². The Morgan fingerprint density at radius 1 is 1.05 bits per heavy atom. The average Bonchev–Trinajstić information content (AvgIpc) is 2.45. The third kappa shape index (κ3) is 4.07. The summed E-state index contributed by atoms with van der Waals surface area (Å²) in [4.78, 5) is -0.528. The molecule has 0 aromatic heterocycles. The number of sulfonamides is 1. The minimum atomic E-state index is -4.10. The molecule has 0 spiro atoms. The SMILES string of the molecule is O=S(=O)(NCC(O)c1ccccc1)c1cc(F)cc(F)c1. The lowest BCUT2D eigenvalue weighted by molar-refractivity contribution is 0.182. The first-order chi connectivity index (χ1) is 9.88. The molecular formula is C14H13F2NO3S. The number of benzene rings is 2. The van der Waals surface area contributed by atoms with Crippen molar-refractivity contribution in [2.75, 3.05) is 6.54 Å². The molecule has 0 heterocycles. The summed E-state index contributed by atoms with van der Waals surface area (Å²) < 4.78 is 52.0. The molecule has 0 amide bonds. The zero-order valence-electron chi connectivity index (χ0n) is 10.8. The van der Waals surface area contributed by atoms with E-state index in [1.54, 1.807) is 30.3 Å². The van der Waals surface area contributed by atoms with Crippen molar-refractivity contribution in [2.24, 2.45) is 0 Å². The normalized spacial score (nSPS) is 13.1. The van der Waals surface area contributed by atoms with Crippen LogP contribution in [-0.4, -0.2) is 20.1 Å². The van der Waals surface area contributed by atoms with Crippen LogP contribution in [0.1, 0.15) is 11.7 Å². The van der Waals surface area contributed by atoms with Gasteiger partial charge in [0.1, 0.15) is 11.6 Å². The summed E-state index contributed by atoms with van der Waals surface area (Å²) in [5.74, 6) is -1.97. The molecule has 0 radical (unpaired) electrons. The third-order valence-corrected chi connectivity index (χ3v) is 4.20. The van der Waals surface area contributed by atoms with Gasteiger partial charge in [-0.3, -0.25) is 0 Å². The van der Waals surface area contributed by atoms with Gasteiger partial charge in [0.15, 0.2) is 0 Å². The van der Waals surface area contributed by atoms with E-state index in [0.29, 0.717) is 23.8 Å². The van der Waals surface area contributed by atoms with Crippen molar-refractivity contribution in [2.45, 2.75) is 11.0 Å². The average molecular weight is 313 g/mol. The molecule has 112 valence electrons. The van der Waals surface area contributed by atoms with Gasteiger partial charge in [-0.25, -0.2) is 21.9 Å². The molecule has 7 heteroatoms. The van der Waals surface area contributed by atoms with E-state index in [2.05, 4.69) is 4.72 Å². The van der Waals surface area contributed by atoms with Crippen LogP contribution >= 0.6 is 0 Å². The maximum Gasteiger partial charge on any atom is 0.240 e. The molecule has 0 saturated heterocycles. The second kappa shape index (κ2) is 6.30. The predicted molar refractivity (Wildman–Crippen MR) is 72.9 cm³/mol. The van der Waals surface area contributed by atoms with Crippen LogP contribution in [0.15, 0.2) is 53.4 Å². The molecule has 1 unspecified atom stereocenters. The van der Waals surface area contributed by atoms with Gasteiger partial charge in [-0.1, -0.05) is 30.3 Å². The fourth-order valence-electron chi connectivity index (χ4n) is 1.75. The summed E-state index contributed by atoms with van der Waals surface area (Å²) in [5.41, 5.74) is 0.533. The number of hydrogen-bond donors (Lipinski definition) is 2. The lowest BCUT2D eigenvalue weighted by Crippen LogP contribution is -2.28. The molecule has 4 nitrogen and oxygen atoms in total.